The zero-order chi connectivity index (χ0) is 3.41. The van der Waals surface area contributed by atoms with E-state index < -0.39 is 0 Å². The Bertz CT molecular complexity index is 11.5. The predicted octanol–water partition coefficient (Wildman–Crippen LogP) is -5.15. The van der Waals surface area contributed by atoms with Crippen molar-refractivity contribution in [1.82, 2.24) is 0 Å². The fourth-order valence-electron chi connectivity index (χ4n) is 0. The molecule has 0 aromatic rings. The van der Waals surface area contributed by atoms with Crippen molar-refractivity contribution in [3.63, 3.8) is 0 Å². The molecule has 0 rings (SSSR count). The fourth-order valence-corrected chi connectivity index (χ4v) is 0. The molecule has 0 heterocycles. The van der Waals surface area contributed by atoms with Crippen LogP contribution in [0.1, 0.15) is 0 Å². The van der Waals surface area contributed by atoms with Gasteiger partial charge in [0.15, 0.2) is 0 Å². The van der Waals surface area contributed by atoms with Crippen molar-refractivity contribution in [2.24, 2.45) is 0 Å². The minimum absolute atomic E-state index is 0. The van der Waals surface area contributed by atoms with Gasteiger partial charge >= 0.3 is 59.1 Å². The molecule has 0 bridgehead atoms. The van der Waals surface area contributed by atoms with Crippen molar-refractivity contribution in [2.45, 2.75) is 0 Å². The summed E-state index contributed by atoms with van der Waals surface area (Å²) in [4.78, 5) is 0. The number of thiol groups is 2. The van der Waals surface area contributed by atoms with Crippen molar-refractivity contribution >= 4 is 25.3 Å². The maximum atomic E-state index is 3.84. The normalized spacial score (nSPS) is 5.00. The Morgan fingerprint density at radius 2 is 1.00 bits per heavy atom. The standard InChI is InChI=1S/C2H6S2.2Na/c3-1-2-4;;/h3-4H,1-2H2;;/q;2*+1. The first-order valence-electron chi connectivity index (χ1n) is 1.13. The summed E-state index contributed by atoms with van der Waals surface area (Å²) in [5.41, 5.74) is 0. The van der Waals surface area contributed by atoms with Gasteiger partial charge in [-0.2, -0.15) is 25.3 Å². The third-order valence-corrected chi connectivity index (χ3v) is 0.900. The maximum absolute atomic E-state index is 3.84. The maximum Gasteiger partial charge on any atom is 1.00 e. The summed E-state index contributed by atoms with van der Waals surface area (Å²) in [6.45, 7) is 0. The van der Waals surface area contributed by atoms with Crippen LogP contribution in [0, 0.1) is 0 Å². The summed E-state index contributed by atoms with van der Waals surface area (Å²) in [6.07, 6.45) is 0. The first kappa shape index (κ1) is 15.9. The van der Waals surface area contributed by atoms with Crippen LogP contribution < -0.4 is 59.1 Å². The Kier molecular flexibility index (Phi) is 41.4. The minimum Gasteiger partial charge on any atom is -0.179 e. The van der Waals surface area contributed by atoms with E-state index in [1.807, 2.05) is 0 Å². The molecule has 0 saturated heterocycles. The monoisotopic (exact) mass is 140 g/mol. The average molecular weight is 140 g/mol. The van der Waals surface area contributed by atoms with Crippen molar-refractivity contribution in [3.05, 3.63) is 0 Å². The molecular weight excluding hydrogens is 134 g/mol. The quantitative estimate of drug-likeness (QED) is 0.264. The third kappa shape index (κ3) is 15.9. The van der Waals surface area contributed by atoms with Gasteiger partial charge in [-0.05, 0) is 11.5 Å². The number of hydrogen-bond acceptors (Lipinski definition) is 2. The molecule has 0 N–H and O–H groups in total. The van der Waals surface area contributed by atoms with Gasteiger partial charge in [0.25, 0.3) is 0 Å². The van der Waals surface area contributed by atoms with Gasteiger partial charge < -0.3 is 0 Å². The van der Waals surface area contributed by atoms with Gasteiger partial charge in [0.05, 0.1) is 0 Å². The van der Waals surface area contributed by atoms with E-state index in [-0.39, 0.29) is 59.1 Å². The smallest absolute Gasteiger partial charge is 0.179 e. The van der Waals surface area contributed by atoms with Gasteiger partial charge in [-0.3, -0.25) is 0 Å². The Balaban J connectivity index is -0.0000000450. The molecule has 0 aromatic carbocycles. The molecule has 0 amide bonds. The largest absolute Gasteiger partial charge is 1.00 e. The van der Waals surface area contributed by atoms with Gasteiger partial charge in [-0.25, -0.2) is 0 Å². The van der Waals surface area contributed by atoms with E-state index >= 15 is 0 Å². The van der Waals surface area contributed by atoms with Crippen molar-refractivity contribution < 1.29 is 59.1 Å². The van der Waals surface area contributed by atoms with E-state index in [1.165, 1.54) is 0 Å². The van der Waals surface area contributed by atoms with Crippen LogP contribution in [0.2, 0.25) is 0 Å². The zero-order valence-corrected chi connectivity index (χ0v) is 10.1. The Morgan fingerprint density at radius 1 is 0.833 bits per heavy atom. The van der Waals surface area contributed by atoms with E-state index in [0.717, 1.165) is 11.5 Å². The SMILES string of the molecule is SCCS.[Na+].[Na+]. The summed E-state index contributed by atoms with van der Waals surface area (Å²) in [5.74, 6) is 1.76. The van der Waals surface area contributed by atoms with Crippen LogP contribution in [0.5, 0.6) is 0 Å². The van der Waals surface area contributed by atoms with Crippen LogP contribution in [0.15, 0.2) is 0 Å². The van der Waals surface area contributed by atoms with E-state index in [2.05, 4.69) is 25.3 Å². The molecule has 0 aliphatic rings. The van der Waals surface area contributed by atoms with Crippen molar-refractivity contribution in [2.75, 3.05) is 11.5 Å². The summed E-state index contributed by atoms with van der Waals surface area (Å²) < 4.78 is 0. The third-order valence-electron chi connectivity index (χ3n) is 0.1000. The fraction of sp³-hybridized carbons (Fsp3) is 1.00. The molecule has 0 fully saturated rings. The molecule has 0 saturated carbocycles. The van der Waals surface area contributed by atoms with Crippen molar-refractivity contribution in [1.29, 1.82) is 0 Å². The second-order valence-corrected chi connectivity index (χ2v) is 1.34. The summed E-state index contributed by atoms with van der Waals surface area (Å²) in [7, 11) is 0. The summed E-state index contributed by atoms with van der Waals surface area (Å²) in [5, 5.41) is 0. The summed E-state index contributed by atoms with van der Waals surface area (Å²) >= 11 is 7.69. The minimum atomic E-state index is 0. The van der Waals surface area contributed by atoms with Gasteiger partial charge in [-0.15, -0.1) is 0 Å². The Hall–Kier alpha value is 2.70. The molecule has 0 aliphatic heterocycles. The molecule has 0 spiro atoms. The van der Waals surface area contributed by atoms with Gasteiger partial charge in [-0.1, -0.05) is 0 Å². The molecular formula is C2H6Na2S2+2. The Morgan fingerprint density at radius 3 is 1.00 bits per heavy atom. The number of rotatable bonds is 1. The second-order valence-electron chi connectivity index (χ2n) is 0.447. The van der Waals surface area contributed by atoms with Gasteiger partial charge in [0, 0.05) is 0 Å². The summed E-state index contributed by atoms with van der Waals surface area (Å²) in [6, 6.07) is 0. The molecule has 0 aromatic heterocycles. The number of hydrogen-bond donors (Lipinski definition) is 2. The van der Waals surface area contributed by atoms with Crippen LogP contribution in [-0.2, 0) is 0 Å². The first-order chi connectivity index (χ1) is 1.91. The van der Waals surface area contributed by atoms with Gasteiger partial charge in [0.1, 0.15) is 0 Å². The molecule has 0 unspecified atom stereocenters. The van der Waals surface area contributed by atoms with Gasteiger partial charge in [0.2, 0.25) is 0 Å². The topological polar surface area (TPSA) is 0 Å². The van der Waals surface area contributed by atoms with Crippen molar-refractivity contribution in [3.8, 4) is 0 Å². The van der Waals surface area contributed by atoms with Crippen LogP contribution in [0.3, 0.4) is 0 Å². The van der Waals surface area contributed by atoms with E-state index in [0.29, 0.717) is 0 Å². The second kappa shape index (κ2) is 15.6. The molecule has 0 aliphatic carbocycles. The molecule has 6 heavy (non-hydrogen) atoms. The predicted molar refractivity (Wildman–Crippen MR) is 27.7 cm³/mol. The van der Waals surface area contributed by atoms with Crippen LogP contribution >= 0.6 is 25.3 Å². The van der Waals surface area contributed by atoms with Crippen LogP contribution in [0.25, 0.3) is 0 Å². The van der Waals surface area contributed by atoms with Crippen LogP contribution in [-0.4, -0.2) is 11.5 Å². The molecule has 4 heteroatoms. The molecule has 26 valence electrons. The molecule has 0 radical (unpaired) electrons. The zero-order valence-electron chi connectivity index (χ0n) is 4.31. The van der Waals surface area contributed by atoms with E-state index in [1.54, 1.807) is 0 Å². The first-order valence-corrected chi connectivity index (χ1v) is 2.40. The molecule has 0 nitrogen and oxygen atoms in total. The molecule has 0 atom stereocenters. The van der Waals surface area contributed by atoms with Crippen LogP contribution in [0.4, 0.5) is 0 Å². The average Bonchev–Trinajstić information content (AvgIpc) is 1.37. The Labute approximate surface area is 94.2 Å². The van der Waals surface area contributed by atoms with E-state index in [9.17, 15) is 0 Å². The van der Waals surface area contributed by atoms with E-state index in [4.69, 9.17) is 0 Å².